The fourth-order valence-electron chi connectivity index (χ4n) is 1.88. The maximum absolute atomic E-state index is 5.70. The van der Waals surface area contributed by atoms with Crippen LogP contribution in [0.5, 0.6) is 5.75 Å². The second-order valence-electron chi connectivity index (χ2n) is 3.75. The summed E-state index contributed by atoms with van der Waals surface area (Å²) in [5.41, 5.74) is 6.58. The van der Waals surface area contributed by atoms with E-state index in [-0.39, 0.29) is 0 Å². The van der Waals surface area contributed by atoms with Crippen molar-refractivity contribution in [1.82, 2.24) is 4.98 Å². The van der Waals surface area contributed by atoms with Crippen molar-refractivity contribution in [3.05, 3.63) is 22.5 Å². The molecule has 3 rings (SSSR count). The maximum atomic E-state index is 5.70. The van der Waals surface area contributed by atoms with Crippen LogP contribution in [0.2, 0.25) is 0 Å². The minimum Gasteiger partial charge on any atom is -0.492 e. The molecule has 0 fully saturated rings. The van der Waals surface area contributed by atoms with E-state index >= 15 is 0 Å². The third-order valence-electron chi connectivity index (χ3n) is 2.54. The summed E-state index contributed by atoms with van der Waals surface area (Å²) in [5.74, 6) is 0.919. The van der Waals surface area contributed by atoms with E-state index in [4.69, 9.17) is 10.5 Å². The van der Waals surface area contributed by atoms with E-state index in [1.807, 2.05) is 6.92 Å². The van der Waals surface area contributed by atoms with E-state index in [9.17, 15) is 0 Å². The summed E-state index contributed by atoms with van der Waals surface area (Å²) < 4.78 is 8.10. The highest BCUT2D eigenvalue weighted by Crippen LogP contribution is 2.38. The number of hydrogen-bond acceptors (Lipinski definition) is 5. The molecule has 0 aliphatic carbocycles. The molecule has 88 valence electrons. The van der Waals surface area contributed by atoms with Crippen LogP contribution in [0.3, 0.4) is 0 Å². The highest BCUT2D eigenvalue weighted by Gasteiger charge is 2.12. The average Bonchev–Trinajstić information content (AvgIpc) is 2.90. The molecule has 0 aliphatic heterocycles. The summed E-state index contributed by atoms with van der Waals surface area (Å²) in [6.07, 6.45) is 0. The zero-order valence-corrected chi connectivity index (χ0v) is 11.0. The Balaban J connectivity index is 2.27. The van der Waals surface area contributed by atoms with Gasteiger partial charge in [0, 0.05) is 18.0 Å². The predicted molar refractivity (Wildman–Crippen MR) is 74.3 cm³/mol. The van der Waals surface area contributed by atoms with Gasteiger partial charge in [-0.25, -0.2) is 4.98 Å². The first kappa shape index (κ1) is 11.0. The Morgan fingerprint density at radius 3 is 3.18 bits per heavy atom. The quantitative estimate of drug-likeness (QED) is 0.790. The first-order valence-electron chi connectivity index (χ1n) is 5.40. The number of nitrogens with zero attached hydrogens (tertiary/aromatic N) is 1. The summed E-state index contributed by atoms with van der Waals surface area (Å²) >= 11 is 3.41. The molecule has 2 heterocycles. The van der Waals surface area contributed by atoms with Gasteiger partial charge in [0.1, 0.15) is 12.4 Å². The van der Waals surface area contributed by atoms with Crippen molar-refractivity contribution in [3.63, 3.8) is 0 Å². The van der Waals surface area contributed by atoms with Crippen LogP contribution in [-0.4, -0.2) is 18.1 Å². The van der Waals surface area contributed by atoms with Crippen molar-refractivity contribution >= 4 is 43.0 Å². The van der Waals surface area contributed by atoms with Gasteiger partial charge < -0.3 is 10.5 Å². The lowest BCUT2D eigenvalue weighted by atomic mass is 10.2. The normalized spacial score (nSPS) is 11.4. The lowest BCUT2D eigenvalue weighted by molar-refractivity contribution is 0.332. The predicted octanol–water partition coefficient (Wildman–Crippen LogP) is 3.16. The van der Waals surface area contributed by atoms with Gasteiger partial charge in [0.2, 0.25) is 0 Å². The molecule has 0 unspecified atom stereocenters. The van der Waals surface area contributed by atoms with E-state index in [0.717, 1.165) is 21.7 Å². The maximum Gasteiger partial charge on any atom is 0.129 e. The van der Waals surface area contributed by atoms with Crippen molar-refractivity contribution < 1.29 is 4.74 Å². The van der Waals surface area contributed by atoms with E-state index in [2.05, 4.69) is 22.5 Å². The van der Waals surface area contributed by atoms with Crippen molar-refractivity contribution in [2.75, 3.05) is 13.2 Å². The minimum absolute atomic E-state index is 0.533. The standard InChI is InChI=1S/C12H12N2OS2/c1-7-14-11-10(17-7)6-9(15-4-3-13)8-2-5-16-12(8)11/h2,5-6H,3-4,13H2,1H3. The number of thiazole rings is 1. The van der Waals surface area contributed by atoms with Gasteiger partial charge in [-0.3, -0.25) is 0 Å². The molecule has 1 aromatic carbocycles. The highest BCUT2D eigenvalue weighted by molar-refractivity contribution is 7.21. The molecule has 5 heteroatoms. The van der Waals surface area contributed by atoms with Crippen molar-refractivity contribution in [1.29, 1.82) is 0 Å². The molecular weight excluding hydrogens is 252 g/mol. The molecule has 3 nitrogen and oxygen atoms in total. The van der Waals surface area contributed by atoms with Gasteiger partial charge in [0.25, 0.3) is 0 Å². The molecule has 2 aromatic heterocycles. The first-order valence-corrected chi connectivity index (χ1v) is 7.09. The number of benzene rings is 1. The summed E-state index contributed by atoms with van der Waals surface area (Å²) in [7, 11) is 0. The van der Waals surface area contributed by atoms with Gasteiger partial charge >= 0.3 is 0 Å². The highest BCUT2D eigenvalue weighted by atomic mass is 32.1. The number of hydrogen-bond donors (Lipinski definition) is 1. The molecule has 0 amide bonds. The average molecular weight is 264 g/mol. The molecule has 3 aromatic rings. The fraction of sp³-hybridized carbons (Fsp3) is 0.250. The molecule has 0 spiro atoms. The molecule has 0 saturated carbocycles. The van der Waals surface area contributed by atoms with Gasteiger partial charge in [-0.2, -0.15) is 0 Å². The number of aryl methyl sites for hydroxylation is 1. The van der Waals surface area contributed by atoms with Crippen LogP contribution in [0.25, 0.3) is 20.3 Å². The Labute approximate surface area is 107 Å². The Kier molecular flexibility index (Phi) is 2.74. The number of rotatable bonds is 3. The summed E-state index contributed by atoms with van der Waals surface area (Å²) in [6.45, 7) is 3.12. The van der Waals surface area contributed by atoms with Crippen LogP contribution in [-0.2, 0) is 0 Å². The van der Waals surface area contributed by atoms with Gasteiger partial charge in [-0.15, -0.1) is 22.7 Å². The molecule has 0 radical (unpaired) electrons. The number of fused-ring (bicyclic) bond motifs is 3. The molecule has 0 atom stereocenters. The Bertz CT molecular complexity index is 672. The summed E-state index contributed by atoms with van der Waals surface area (Å²) in [6, 6.07) is 4.16. The molecular formula is C12H12N2OS2. The van der Waals surface area contributed by atoms with Gasteiger partial charge in [0.05, 0.1) is 19.9 Å². The Hall–Kier alpha value is -1.17. The molecule has 0 bridgehead atoms. The van der Waals surface area contributed by atoms with Crippen LogP contribution >= 0.6 is 22.7 Å². The minimum atomic E-state index is 0.533. The number of nitrogens with two attached hydrogens (primary N) is 1. The van der Waals surface area contributed by atoms with Crippen molar-refractivity contribution in [2.45, 2.75) is 6.92 Å². The molecule has 17 heavy (non-hydrogen) atoms. The first-order chi connectivity index (χ1) is 8.29. The summed E-state index contributed by atoms with van der Waals surface area (Å²) in [5, 5.41) is 4.31. The Morgan fingerprint density at radius 2 is 2.35 bits per heavy atom. The number of thiophene rings is 1. The van der Waals surface area contributed by atoms with Gasteiger partial charge in [-0.05, 0) is 18.4 Å². The van der Waals surface area contributed by atoms with E-state index in [1.165, 1.54) is 9.40 Å². The molecule has 2 N–H and O–H groups in total. The third-order valence-corrected chi connectivity index (χ3v) is 4.38. The van der Waals surface area contributed by atoms with E-state index in [0.29, 0.717) is 13.2 Å². The SMILES string of the molecule is Cc1nc2c(cc(OCCN)c3ccsc32)s1. The lowest BCUT2D eigenvalue weighted by Gasteiger charge is -2.06. The number of aromatic nitrogens is 1. The van der Waals surface area contributed by atoms with E-state index < -0.39 is 0 Å². The van der Waals surface area contributed by atoms with E-state index in [1.54, 1.807) is 22.7 Å². The van der Waals surface area contributed by atoms with Crippen LogP contribution in [0.1, 0.15) is 5.01 Å². The molecule has 0 saturated heterocycles. The third kappa shape index (κ3) is 1.80. The van der Waals surface area contributed by atoms with Crippen LogP contribution in [0.15, 0.2) is 17.5 Å². The molecule has 0 aliphatic rings. The zero-order chi connectivity index (χ0) is 11.8. The van der Waals surface area contributed by atoms with Gasteiger partial charge in [0.15, 0.2) is 0 Å². The smallest absolute Gasteiger partial charge is 0.129 e. The van der Waals surface area contributed by atoms with Crippen LogP contribution in [0, 0.1) is 6.92 Å². The second kappa shape index (κ2) is 4.25. The number of ether oxygens (including phenoxy) is 1. The van der Waals surface area contributed by atoms with Crippen molar-refractivity contribution in [3.8, 4) is 5.75 Å². The van der Waals surface area contributed by atoms with Crippen LogP contribution < -0.4 is 10.5 Å². The lowest BCUT2D eigenvalue weighted by Crippen LogP contribution is -2.10. The topological polar surface area (TPSA) is 48.1 Å². The monoisotopic (exact) mass is 264 g/mol. The Morgan fingerprint density at radius 1 is 1.47 bits per heavy atom. The second-order valence-corrected chi connectivity index (χ2v) is 5.91. The van der Waals surface area contributed by atoms with Crippen molar-refractivity contribution in [2.24, 2.45) is 5.73 Å². The summed E-state index contributed by atoms with van der Waals surface area (Å²) in [4.78, 5) is 4.58. The van der Waals surface area contributed by atoms with Gasteiger partial charge in [-0.1, -0.05) is 0 Å². The fourth-order valence-corrected chi connectivity index (χ4v) is 3.71. The zero-order valence-electron chi connectivity index (χ0n) is 9.40. The largest absolute Gasteiger partial charge is 0.492 e. The van der Waals surface area contributed by atoms with Crippen LogP contribution in [0.4, 0.5) is 0 Å².